The van der Waals surface area contributed by atoms with Crippen molar-refractivity contribution in [1.82, 2.24) is 15.6 Å². The molecule has 0 spiro atoms. The largest absolute Gasteiger partial charge is 0.472 e. The number of thiazole rings is 1. The number of nitrogens with zero attached hydrogens (tertiary/aromatic N) is 1. The summed E-state index contributed by atoms with van der Waals surface area (Å²) in [6.07, 6.45) is 5.79. The molecule has 122 valence electrons. The van der Waals surface area contributed by atoms with E-state index in [-0.39, 0.29) is 36.8 Å². The Bertz CT molecular complexity index is 568. The maximum absolute atomic E-state index is 12.0. The summed E-state index contributed by atoms with van der Waals surface area (Å²) in [6, 6.07) is 2.12. The lowest BCUT2D eigenvalue weighted by molar-refractivity contribution is -0.121. The second-order valence-corrected chi connectivity index (χ2v) is 5.80. The first-order valence-electron chi connectivity index (χ1n) is 6.78. The van der Waals surface area contributed by atoms with Crippen molar-refractivity contribution in [2.75, 3.05) is 13.1 Å². The highest BCUT2D eigenvalue weighted by Gasteiger charge is 2.16. The molecule has 3 heterocycles. The number of carbonyl (C=O) groups excluding carboxylic acids is 1. The van der Waals surface area contributed by atoms with Gasteiger partial charge in [-0.1, -0.05) is 0 Å². The van der Waals surface area contributed by atoms with Crippen LogP contribution in [0.15, 0.2) is 28.4 Å². The standard InChI is InChI=1S/C14H17N3O2S.2ClH/c18-13(16-11-2-1-4-15-7-11)6-12-9-20-14(17-12)10-3-5-19-8-10;;/h3,5,8-9,11,15H,1-2,4,6-7H2,(H,16,18);2*1H/t11-;;/m0../s1. The van der Waals surface area contributed by atoms with Crippen LogP contribution in [-0.2, 0) is 11.2 Å². The number of hydrogen-bond donors (Lipinski definition) is 2. The minimum atomic E-state index is 0. The van der Waals surface area contributed by atoms with Crippen molar-refractivity contribution in [2.24, 2.45) is 0 Å². The predicted molar refractivity (Wildman–Crippen MR) is 92.1 cm³/mol. The van der Waals surface area contributed by atoms with Gasteiger partial charge in [0.05, 0.1) is 18.4 Å². The van der Waals surface area contributed by atoms with Crippen molar-refractivity contribution in [3.8, 4) is 10.6 Å². The summed E-state index contributed by atoms with van der Waals surface area (Å²) >= 11 is 1.53. The molecule has 1 aliphatic heterocycles. The van der Waals surface area contributed by atoms with Gasteiger partial charge < -0.3 is 15.1 Å². The molecule has 1 aliphatic rings. The number of halogens is 2. The third kappa shape index (κ3) is 4.98. The van der Waals surface area contributed by atoms with Crippen LogP contribution in [0.4, 0.5) is 0 Å². The lowest BCUT2D eigenvalue weighted by Crippen LogP contribution is -2.46. The Hall–Kier alpha value is -1.08. The molecule has 0 aliphatic carbocycles. The first-order valence-corrected chi connectivity index (χ1v) is 7.66. The summed E-state index contributed by atoms with van der Waals surface area (Å²) < 4.78 is 5.04. The lowest BCUT2D eigenvalue weighted by atomic mass is 10.1. The zero-order valence-corrected chi connectivity index (χ0v) is 14.4. The van der Waals surface area contributed by atoms with Gasteiger partial charge in [-0.05, 0) is 25.5 Å². The van der Waals surface area contributed by atoms with Crippen LogP contribution in [0.3, 0.4) is 0 Å². The summed E-state index contributed by atoms with van der Waals surface area (Å²) in [5.41, 5.74) is 1.77. The van der Waals surface area contributed by atoms with E-state index in [1.54, 1.807) is 12.5 Å². The van der Waals surface area contributed by atoms with Gasteiger partial charge >= 0.3 is 0 Å². The van der Waals surface area contributed by atoms with Gasteiger partial charge in [-0.2, -0.15) is 0 Å². The van der Waals surface area contributed by atoms with Crippen LogP contribution in [0.5, 0.6) is 0 Å². The van der Waals surface area contributed by atoms with Gasteiger partial charge in [0.2, 0.25) is 5.91 Å². The molecular formula is C14H19Cl2N3O2S. The highest BCUT2D eigenvalue weighted by atomic mass is 35.5. The van der Waals surface area contributed by atoms with Crippen LogP contribution in [0, 0.1) is 0 Å². The maximum atomic E-state index is 12.0. The minimum absolute atomic E-state index is 0. The van der Waals surface area contributed by atoms with Gasteiger partial charge in [0.25, 0.3) is 0 Å². The van der Waals surface area contributed by atoms with Crippen LogP contribution in [0.1, 0.15) is 18.5 Å². The van der Waals surface area contributed by atoms with Crippen molar-refractivity contribution in [3.05, 3.63) is 29.7 Å². The van der Waals surface area contributed by atoms with Crippen molar-refractivity contribution in [2.45, 2.75) is 25.3 Å². The summed E-state index contributed by atoms with van der Waals surface area (Å²) in [6.45, 7) is 1.91. The third-order valence-electron chi connectivity index (χ3n) is 3.32. The monoisotopic (exact) mass is 363 g/mol. The Balaban J connectivity index is 0.00000121. The van der Waals surface area contributed by atoms with Crippen molar-refractivity contribution < 1.29 is 9.21 Å². The third-order valence-corrected chi connectivity index (χ3v) is 4.26. The fraction of sp³-hybridized carbons (Fsp3) is 0.429. The molecular weight excluding hydrogens is 345 g/mol. The second-order valence-electron chi connectivity index (χ2n) is 4.94. The lowest BCUT2D eigenvalue weighted by Gasteiger charge is -2.23. The SMILES string of the molecule is Cl.Cl.O=C(Cc1csc(-c2ccoc2)n1)N[C@H]1CCCNC1. The average molecular weight is 364 g/mol. The molecule has 0 unspecified atom stereocenters. The molecule has 5 nitrogen and oxygen atoms in total. The van der Waals surface area contributed by atoms with E-state index in [9.17, 15) is 4.79 Å². The first-order chi connectivity index (χ1) is 9.81. The minimum Gasteiger partial charge on any atom is -0.472 e. The molecule has 8 heteroatoms. The summed E-state index contributed by atoms with van der Waals surface area (Å²) in [5.74, 6) is 0.0442. The molecule has 2 N–H and O–H groups in total. The number of rotatable bonds is 4. The Morgan fingerprint density at radius 3 is 3.05 bits per heavy atom. The molecule has 1 amide bonds. The van der Waals surface area contributed by atoms with E-state index < -0.39 is 0 Å². The molecule has 2 aromatic heterocycles. The van der Waals surface area contributed by atoms with Gasteiger partial charge in [0.15, 0.2) is 0 Å². The zero-order chi connectivity index (χ0) is 13.8. The Morgan fingerprint density at radius 2 is 2.36 bits per heavy atom. The van der Waals surface area contributed by atoms with Crippen molar-refractivity contribution in [3.63, 3.8) is 0 Å². The predicted octanol–water partition coefficient (Wildman–Crippen LogP) is 2.66. The van der Waals surface area contributed by atoms with Crippen LogP contribution in [0.2, 0.25) is 0 Å². The fourth-order valence-corrected chi connectivity index (χ4v) is 3.13. The topological polar surface area (TPSA) is 67.2 Å². The van der Waals surface area contributed by atoms with Gasteiger partial charge in [-0.25, -0.2) is 4.98 Å². The summed E-state index contributed by atoms with van der Waals surface area (Å²) in [5, 5.41) is 9.17. The van der Waals surface area contributed by atoms with E-state index in [1.807, 2.05) is 11.4 Å². The van der Waals surface area contributed by atoms with Gasteiger partial charge in [0.1, 0.15) is 11.3 Å². The van der Waals surface area contributed by atoms with E-state index in [2.05, 4.69) is 15.6 Å². The van der Waals surface area contributed by atoms with Gasteiger partial charge in [-0.3, -0.25) is 4.79 Å². The quantitative estimate of drug-likeness (QED) is 0.875. The Labute approximate surface area is 145 Å². The fourth-order valence-electron chi connectivity index (χ4n) is 2.33. The van der Waals surface area contributed by atoms with E-state index in [0.717, 1.165) is 42.2 Å². The highest BCUT2D eigenvalue weighted by Crippen LogP contribution is 2.24. The van der Waals surface area contributed by atoms with Gasteiger partial charge in [0, 0.05) is 23.5 Å². The van der Waals surface area contributed by atoms with Crippen LogP contribution in [0.25, 0.3) is 10.6 Å². The highest BCUT2D eigenvalue weighted by molar-refractivity contribution is 7.13. The number of aromatic nitrogens is 1. The number of amides is 1. The van der Waals surface area contributed by atoms with E-state index in [0.29, 0.717) is 6.42 Å². The normalized spacial score (nSPS) is 17.2. The molecule has 22 heavy (non-hydrogen) atoms. The number of carbonyl (C=O) groups is 1. The molecule has 1 atom stereocenters. The number of hydrogen-bond acceptors (Lipinski definition) is 5. The van der Waals surface area contributed by atoms with Gasteiger partial charge in [-0.15, -0.1) is 36.2 Å². The second kappa shape index (κ2) is 9.15. The first kappa shape index (κ1) is 19.0. The number of nitrogens with one attached hydrogen (secondary N) is 2. The Kier molecular flexibility index (Phi) is 7.89. The van der Waals surface area contributed by atoms with Crippen LogP contribution >= 0.6 is 36.2 Å². The average Bonchev–Trinajstić information content (AvgIpc) is 3.10. The van der Waals surface area contributed by atoms with E-state index in [1.165, 1.54) is 11.3 Å². The summed E-state index contributed by atoms with van der Waals surface area (Å²) in [7, 11) is 0. The molecule has 3 rings (SSSR count). The molecule has 0 saturated carbocycles. The maximum Gasteiger partial charge on any atom is 0.226 e. The molecule has 1 saturated heterocycles. The molecule has 0 aromatic carbocycles. The number of furan rings is 1. The molecule has 0 radical (unpaired) electrons. The molecule has 1 fully saturated rings. The van der Waals surface area contributed by atoms with Crippen molar-refractivity contribution in [1.29, 1.82) is 0 Å². The van der Waals surface area contributed by atoms with Crippen molar-refractivity contribution >= 4 is 42.1 Å². The smallest absolute Gasteiger partial charge is 0.226 e. The summed E-state index contributed by atoms with van der Waals surface area (Å²) in [4.78, 5) is 16.5. The van der Waals surface area contributed by atoms with Crippen LogP contribution in [-0.4, -0.2) is 30.0 Å². The molecule has 2 aromatic rings. The Morgan fingerprint density at radius 1 is 1.50 bits per heavy atom. The zero-order valence-electron chi connectivity index (χ0n) is 11.9. The van der Waals surface area contributed by atoms with E-state index in [4.69, 9.17) is 4.42 Å². The molecule has 0 bridgehead atoms. The number of piperidine rings is 1. The van der Waals surface area contributed by atoms with E-state index >= 15 is 0 Å². The van der Waals surface area contributed by atoms with Crippen LogP contribution < -0.4 is 10.6 Å².